The van der Waals surface area contributed by atoms with Crippen LogP contribution in [-0.4, -0.2) is 35.1 Å². The van der Waals surface area contributed by atoms with E-state index in [0.29, 0.717) is 23.2 Å². The maximum Gasteiger partial charge on any atom is 0.238 e. The van der Waals surface area contributed by atoms with Crippen molar-refractivity contribution < 1.29 is 14.7 Å². The average Bonchev–Trinajstić information content (AvgIpc) is 2.59. The minimum absolute atomic E-state index is 0.104. The SMILES string of the molecule is CC(=O)Nc1ccccc1NC(=O)CN[C@@H](C)C12C[C@@H]3C[C@H](CC(O)(C3)C1)C2. The highest BCUT2D eigenvalue weighted by molar-refractivity contribution is 5.99. The van der Waals surface area contributed by atoms with Gasteiger partial charge in [0.05, 0.1) is 23.5 Å². The van der Waals surface area contributed by atoms with Gasteiger partial charge in [0.15, 0.2) is 0 Å². The Kier molecular flexibility index (Phi) is 4.96. The highest BCUT2D eigenvalue weighted by atomic mass is 16.3. The van der Waals surface area contributed by atoms with Gasteiger partial charge in [-0.25, -0.2) is 0 Å². The van der Waals surface area contributed by atoms with Crippen LogP contribution in [0.25, 0.3) is 0 Å². The molecule has 4 fully saturated rings. The molecule has 2 amide bonds. The van der Waals surface area contributed by atoms with Gasteiger partial charge < -0.3 is 21.1 Å². The summed E-state index contributed by atoms with van der Waals surface area (Å²) in [7, 11) is 0. The molecule has 5 rings (SSSR count). The summed E-state index contributed by atoms with van der Waals surface area (Å²) in [5.74, 6) is 0.962. The van der Waals surface area contributed by atoms with Gasteiger partial charge in [-0.15, -0.1) is 0 Å². The van der Waals surface area contributed by atoms with Crippen LogP contribution in [0, 0.1) is 17.3 Å². The molecule has 1 aromatic carbocycles. The van der Waals surface area contributed by atoms with Gasteiger partial charge in [-0.2, -0.15) is 0 Å². The third-order valence-corrected chi connectivity index (χ3v) is 7.07. The number of anilines is 2. The molecular weight excluding hydrogens is 354 g/mol. The first-order chi connectivity index (χ1) is 13.3. The van der Waals surface area contributed by atoms with Crippen molar-refractivity contribution >= 4 is 23.2 Å². The Balaban J connectivity index is 1.36. The zero-order valence-corrected chi connectivity index (χ0v) is 16.8. The molecule has 1 aromatic rings. The van der Waals surface area contributed by atoms with E-state index >= 15 is 0 Å². The highest BCUT2D eigenvalue weighted by Crippen LogP contribution is 2.62. The first-order valence-corrected chi connectivity index (χ1v) is 10.4. The Morgan fingerprint density at radius 3 is 2.29 bits per heavy atom. The summed E-state index contributed by atoms with van der Waals surface area (Å²) in [5, 5.41) is 20.0. The number of nitrogens with one attached hydrogen (secondary N) is 3. The third-order valence-electron chi connectivity index (χ3n) is 7.07. The van der Waals surface area contributed by atoms with Crippen LogP contribution in [0.15, 0.2) is 24.3 Å². The quantitative estimate of drug-likeness (QED) is 0.606. The van der Waals surface area contributed by atoms with Gasteiger partial charge in [-0.1, -0.05) is 12.1 Å². The van der Waals surface area contributed by atoms with Gasteiger partial charge >= 0.3 is 0 Å². The molecule has 3 atom stereocenters. The summed E-state index contributed by atoms with van der Waals surface area (Å²) in [5.41, 5.74) is 0.813. The molecular formula is C22H31N3O3. The lowest BCUT2D eigenvalue weighted by Gasteiger charge is -2.62. The topological polar surface area (TPSA) is 90.5 Å². The van der Waals surface area contributed by atoms with E-state index in [1.54, 1.807) is 12.1 Å². The number of rotatable bonds is 6. The Labute approximate surface area is 166 Å². The molecule has 0 aromatic heterocycles. The van der Waals surface area contributed by atoms with E-state index in [1.165, 1.54) is 13.3 Å². The molecule has 4 bridgehead atoms. The van der Waals surface area contributed by atoms with Gasteiger partial charge in [0, 0.05) is 13.0 Å². The van der Waals surface area contributed by atoms with E-state index in [0.717, 1.165) is 32.1 Å². The number of hydrogen-bond donors (Lipinski definition) is 4. The Morgan fingerprint density at radius 2 is 1.71 bits per heavy atom. The smallest absolute Gasteiger partial charge is 0.238 e. The zero-order chi connectivity index (χ0) is 19.9. The normalized spacial score (nSPS) is 34.1. The molecule has 0 unspecified atom stereocenters. The molecule has 4 aliphatic carbocycles. The van der Waals surface area contributed by atoms with Gasteiger partial charge in [0.25, 0.3) is 0 Å². The maximum atomic E-state index is 12.5. The summed E-state index contributed by atoms with van der Waals surface area (Å²) >= 11 is 0. The third kappa shape index (κ3) is 3.80. The van der Waals surface area contributed by atoms with Crippen molar-refractivity contribution in [3.05, 3.63) is 24.3 Å². The summed E-state index contributed by atoms with van der Waals surface area (Å²) in [6.45, 7) is 3.82. The van der Waals surface area contributed by atoms with Crippen molar-refractivity contribution in [1.82, 2.24) is 5.32 Å². The summed E-state index contributed by atoms with van der Waals surface area (Å²) in [6.07, 6.45) is 6.35. The molecule has 0 saturated heterocycles. The van der Waals surface area contributed by atoms with Gasteiger partial charge in [-0.05, 0) is 74.8 Å². The molecule has 152 valence electrons. The predicted octanol–water partition coefficient (Wildman–Crippen LogP) is 2.89. The number of para-hydroxylation sites is 2. The molecule has 28 heavy (non-hydrogen) atoms. The molecule has 4 N–H and O–H groups in total. The van der Waals surface area contributed by atoms with E-state index in [2.05, 4.69) is 22.9 Å². The van der Waals surface area contributed by atoms with Crippen LogP contribution in [0.4, 0.5) is 11.4 Å². The van der Waals surface area contributed by atoms with Crippen molar-refractivity contribution in [3.63, 3.8) is 0 Å². The molecule has 6 nitrogen and oxygen atoms in total. The number of carbonyl (C=O) groups excluding carboxylic acids is 2. The van der Waals surface area contributed by atoms with Crippen molar-refractivity contribution in [2.45, 2.75) is 64.0 Å². The maximum absolute atomic E-state index is 12.5. The van der Waals surface area contributed by atoms with Crippen LogP contribution in [0.5, 0.6) is 0 Å². The molecule has 6 heteroatoms. The van der Waals surface area contributed by atoms with E-state index in [-0.39, 0.29) is 29.8 Å². The van der Waals surface area contributed by atoms with E-state index in [1.807, 2.05) is 12.1 Å². The summed E-state index contributed by atoms with van der Waals surface area (Å²) in [4.78, 5) is 23.9. The lowest BCUT2D eigenvalue weighted by Crippen LogP contribution is -2.61. The van der Waals surface area contributed by atoms with Crippen molar-refractivity contribution in [3.8, 4) is 0 Å². The minimum atomic E-state index is -0.487. The summed E-state index contributed by atoms with van der Waals surface area (Å²) < 4.78 is 0. The first-order valence-electron chi connectivity index (χ1n) is 10.4. The molecule has 0 spiro atoms. The lowest BCUT2D eigenvalue weighted by molar-refractivity contribution is -0.171. The van der Waals surface area contributed by atoms with Crippen LogP contribution in [0.1, 0.15) is 52.4 Å². The van der Waals surface area contributed by atoms with Gasteiger partial charge in [0.2, 0.25) is 11.8 Å². The number of carbonyl (C=O) groups is 2. The number of hydrogen-bond acceptors (Lipinski definition) is 4. The minimum Gasteiger partial charge on any atom is -0.390 e. The molecule has 0 aliphatic heterocycles. The second-order valence-electron chi connectivity index (χ2n) is 9.43. The average molecular weight is 386 g/mol. The molecule has 0 radical (unpaired) electrons. The standard InChI is InChI=1S/C22H31N3O3/c1-14(21-8-16-7-17(9-21)11-22(28,10-16)13-21)23-12-20(27)25-19-6-4-3-5-18(19)24-15(2)26/h3-6,14,16-17,23,28H,7-13H2,1-2H3,(H,24,26)(H,25,27)/t14-,16-,17-,21?,22?/m0/s1. The summed E-state index contributed by atoms with van der Waals surface area (Å²) in [6, 6.07) is 7.37. The van der Waals surface area contributed by atoms with Crippen molar-refractivity contribution in [1.29, 1.82) is 0 Å². The Hall–Kier alpha value is -1.92. The van der Waals surface area contributed by atoms with E-state index < -0.39 is 5.60 Å². The van der Waals surface area contributed by atoms with E-state index in [4.69, 9.17) is 0 Å². The second-order valence-corrected chi connectivity index (χ2v) is 9.43. The van der Waals surface area contributed by atoms with Crippen LogP contribution >= 0.6 is 0 Å². The van der Waals surface area contributed by atoms with Gasteiger partial charge in [-0.3, -0.25) is 9.59 Å². The second kappa shape index (κ2) is 7.16. The number of amides is 2. The lowest BCUT2D eigenvalue weighted by atomic mass is 9.46. The van der Waals surface area contributed by atoms with E-state index in [9.17, 15) is 14.7 Å². The molecule has 4 aliphatic rings. The van der Waals surface area contributed by atoms with Crippen molar-refractivity contribution in [2.24, 2.45) is 17.3 Å². The monoisotopic (exact) mass is 385 g/mol. The van der Waals surface area contributed by atoms with Crippen LogP contribution < -0.4 is 16.0 Å². The van der Waals surface area contributed by atoms with Crippen LogP contribution in [0.3, 0.4) is 0 Å². The predicted molar refractivity (Wildman–Crippen MR) is 109 cm³/mol. The highest BCUT2D eigenvalue weighted by Gasteiger charge is 2.58. The van der Waals surface area contributed by atoms with Gasteiger partial charge in [0.1, 0.15) is 0 Å². The van der Waals surface area contributed by atoms with Crippen LogP contribution in [0.2, 0.25) is 0 Å². The fourth-order valence-corrected chi connectivity index (χ4v) is 6.34. The largest absolute Gasteiger partial charge is 0.390 e. The van der Waals surface area contributed by atoms with Crippen molar-refractivity contribution in [2.75, 3.05) is 17.2 Å². The number of aliphatic hydroxyl groups is 1. The fourth-order valence-electron chi connectivity index (χ4n) is 6.34. The zero-order valence-electron chi connectivity index (χ0n) is 16.8. The Bertz CT molecular complexity index is 764. The molecule has 0 heterocycles. The fraction of sp³-hybridized carbons (Fsp3) is 0.636. The first kappa shape index (κ1) is 19.4. The molecule has 4 saturated carbocycles. The Morgan fingerprint density at radius 1 is 1.11 bits per heavy atom. The van der Waals surface area contributed by atoms with Crippen LogP contribution in [-0.2, 0) is 9.59 Å². The number of benzene rings is 1.